The van der Waals surface area contributed by atoms with Gasteiger partial charge in [0.15, 0.2) is 0 Å². The number of nitrogens with one attached hydrogen (secondary N) is 2. The molecule has 242 valence electrons. The lowest BCUT2D eigenvalue weighted by Gasteiger charge is -2.34. The minimum absolute atomic E-state index is 0.251. The summed E-state index contributed by atoms with van der Waals surface area (Å²) in [7, 11) is 0. The summed E-state index contributed by atoms with van der Waals surface area (Å²) < 4.78 is 0. The molecular formula is C42H54N4. The van der Waals surface area contributed by atoms with Crippen molar-refractivity contribution in [2.24, 2.45) is 35.1 Å². The van der Waals surface area contributed by atoms with Gasteiger partial charge in [-0.3, -0.25) is 0 Å². The van der Waals surface area contributed by atoms with E-state index >= 15 is 0 Å². The summed E-state index contributed by atoms with van der Waals surface area (Å²) in [6.45, 7) is 5.30. The molecule has 0 spiro atoms. The fourth-order valence-corrected chi connectivity index (χ4v) is 7.31. The predicted molar refractivity (Wildman–Crippen MR) is 198 cm³/mol. The van der Waals surface area contributed by atoms with Crippen molar-refractivity contribution in [3.05, 3.63) is 155 Å². The van der Waals surface area contributed by atoms with Gasteiger partial charge in [-0.15, -0.1) is 0 Å². The lowest BCUT2D eigenvalue weighted by molar-refractivity contribution is 0.460. The van der Waals surface area contributed by atoms with Crippen LogP contribution in [0.25, 0.3) is 0 Å². The predicted octanol–water partition coefficient (Wildman–Crippen LogP) is 7.75. The van der Waals surface area contributed by atoms with Crippen LogP contribution in [0.2, 0.25) is 0 Å². The molecule has 46 heavy (non-hydrogen) atoms. The molecule has 0 amide bonds. The van der Waals surface area contributed by atoms with E-state index in [1.54, 1.807) is 5.57 Å². The molecule has 0 saturated carbocycles. The van der Waals surface area contributed by atoms with Gasteiger partial charge in [0.2, 0.25) is 0 Å². The Hall–Kier alpha value is -3.70. The number of nitrogens with two attached hydrogens (primary N) is 2. The fourth-order valence-electron chi connectivity index (χ4n) is 7.31. The van der Waals surface area contributed by atoms with Gasteiger partial charge in [-0.25, -0.2) is 0 Å². The highest BCUT2D eigenvalue weighted by Gasteiger charge is 2.30. The van der Waals surface area contributed by atoms with E-state index in [-0.39, 0.29) is 11.8 Å². The van der Waals surface area contributed by atoms with E-state index in [2.05, 4.69) is 115 Å². The van der Waals surface area contributed by atoms with Crippen LogP contribution in [0.4, 0.5) is 0 Å². The van der Waals surface area contributed by atoms with Crippen molar-refractivity contribution in [2.75, 3.05) is 26.2 Å². The third-order valence-corrected chi connectivity index (χ3v) is 10.1. The van der Waals surface area contributed by atoms with Gasteiger partial charge in [0.1, 0.15) is 0 Å². The molecular weight excluding hydrogens is 560 g/mol. The molecule has 5 atom stereocenters. The first-order valence-corrected chi connectivity index (χ1v) is 17.4. The maximum absolute atomic E-state index is 6.48. The summed E-state index contributed by atoms with van der Waals surface area (Å²) >= 11 is 0. The van der Waals surface area contributed by atoms with E-state index in [0.29, 0.717) is 31.0 Å². The third kappa shape index (κ3) is 9.19. The van der Waals surface area contributed by atoms with Gasteiger partial charge in [-0.05, 0) is 68.6 Å². The Morgan fingerprint density at radius 1 is 0.957 bits per heavy atom. The minimum atomic E-state index is 0.251. The van der Waals surface area contributed by atoms with Crippen LogP contribution in [0.1, 0.15) is 45.4 Å². The smallest absolute Gasteiger partial charge is 0.0505 e. The van der Waals surface area contributed by atoms with Gasteiger partial charge < -0.3 is 22.1 Å². The summed E-state index contributed by atoms with van der Waals surface area (Å²) in [6, 6.07) is 0.392. The highest BCUT2D eigenvalue weighted by molar-refractivity contribution is 5.42. The lowest BCUT2D eigenvalue weighted by Crippen LogP contribution is -2.33. The molecule has 0 aromatic heterocycles. The van der Waals surface area contributed by atoms with Gasteiger partial charge >= 0.3 is 0 Å². The molecule has 0 bridgehead atoms. The van der Waals surface area contributed by atoms with Gasteiger partial charge in [-0.1, -0.05) is 132 Å². The molecule has 0 radical (unpaired) electrons. The molecule has 6 N–H and O–H groups in total. The first-order valence-electron chi connectivity index (χ1n) is 17.4. The summed E-state index contributed by atoms with van der Waals surface area (Å²) in [4.78, 5) is 0. The first kappa shape index (κ1) is 33.7. The average Bonchev–Trinajstić information content (AvgIpc) is 3.66. The summed E-state index contributed by atoms with van der Waals surface area (Å²) in [5.74, 6) is 1.64. The largest absolute Gasteiger partial charge is 0.388 e. The molecule has 0 fully saturated rings. The molecule has 4 aliphatic carbocycles. The second-order valence-electron chi connectivity index (χ2n) is 12.9. The highest BCUT2D eigenvalue weighted by Crippen LogP contribution is 2.40. The Morgan fingerprint density at radius 2 is 1.85 bits per heavy atom. The van der Waals surface area contributed by atoms with E-state index in [1.807, 2.05) is 24.3 Å². The Bertz CT molecular complexity index is 1450. The summed E-state index contributed by atoms with van der Waals surface area (Å²) in [5.41, 5.74) is 20.7. The molecule has 1 heterocycles. The molecule has 5 unspecified atom stereocenters. The van der Waals surface area contributed by atoms with Crippen LogP contribution in [-0.2, 0) is 0 Å². The van der Waals surface area contributed by atoms with Crippen LogP contribution in [0.5, 0.6) is 0 Å². The topological polar surface area (TPSA) is 76.1 Å². The van der Waals surface area contributed by atoms with Crippen LogP contribution in [0.15, 0.2) is 155 Å². The van der Waals surface area contributed by atoms with E-state index in [9.17, 15) is 0 Å². The van der Waals surface area contributed by atoms with Crippen molar-refractivity contribution >= 4 is 0 Å². The Balaban J connectivity index is 1.32. The molecule has 1 aliphatic heterocycles. The number of allylic oxidation sites excluding steroid dienone is 20. The normalized spacial score (nSPS) is 28.3. The average molecular weight is 615 g/mol. The zero-order valence-corrected chi connectivity index (χ0v) is 27.7. The van der Waals surface area contributed by atoms with Crippen molar-refractivity contribution in [3.8, 4) is 0 Å². The van der Waals surface area contributed by atoms with Crippen LogP contribution in [-0.4, -0.2) is 32.2 Å². The quantitative estimate of drug-likeness (QED) is 0.126. The number of hydrogen-bond donors (Lipinski definition) is 4. The maximum atomic E-state index is 6.48. The van der Waals surface area contributed by atoms with Crippen molar-refractivity contribution in [3.63, 3.8) is 0 Å². The molecule has 0 aromatic carbocycles. The third-order valence-electron chi connectivity index (χ3n) is 10.1. The van der Waals surface area contributed by atoms with Gasteiger partial charge in [-0.2, -0.15) is 0 Å². The van der Waals surface area contributed by atoms with E-state index in [0.717, 1.165) is 38.8 Å². The van der Waals surface area contributed by atoms with E-state index in [1.165, 1.54) is 40.8 Å². The van der Waals surface area contributed by atoms with Crippen molar-refractivity contribution < 1.29 is 0 Å². The standard InChI is InChI=1S/C42H54N4/c1-32(33-20-22-34(23-21-33)35-24-26-36(27-25-35)42-19-13-29-45-42)39-17-10-11-18-40(39)41(31-46-38-15-8-6-9-16-38)37(30-44)14-7-4-2-3-5-12-28-43/h2-8,10-15,17-19,22,24,26-27,33,35,40-42,45-46H,9,16,20-21,23,25,28-31,43-44H2,1H3/b3-2+,7-4+,12-5-,37-14+,39-32+. The molecule has 5 aliphatic rings. The fraction of sp³-hybridized carbons (Fsp3) is 0.381. The zero-order chi connectivity index (χ0) is 32.0. The Morgan fingerprint density at radius 3 is 2.57 bits per heavy atom. The van der Waals surface area contributed by atoms with E-state index in [4.69, 9.17) is 11.5 Å². The second kappa shape index (κ2) is 17.9. The lowest BCUT2D eigenvalue weighted by atomic mass is 9.72. The summed E-state index contributed by atoms with van der Waals surface area (Å²) in [6.07, 6.45) is 51.3. The van der Waals surface area contributed by atoms with Crippen LogP contribution < -0.4 is 22.1 Å². The maximum Gasteiger partial charge on any atom is 0.0505 e. The number of rotatable bonds is 13. The monoisotopic (exact) mass is 614 g/mol. The van der Waals surface area contributed by atoms with Crippen LogP contribution >= 0.6 is 0 Å². The summed E-state index contributed by atoms with van der Waals surface area (Å²) in [5, 5.41) is 7.35. The van der Waals surface area contributed by atoms with Crippen molar-refractivity contribution in [1.82, 2.24) is 10.6 Å². The molecule has 0 saturated heterocycles. The van der Waals surface area contributed by atoms with Gasteiger partial charge in [0.25, 0.3) is 0 Å². The van der Waals surface area contributed by atoms with Crippen molar-refractivity contribution in [1.29, 1.82) is 0 Å². The zero-order valence-electron chi connectivity index (χ0n) is 27.7. The first-order chi connectivity index (χ1) is 22.7. The Labute approximate surface area is 277 Å². The van der Waals surface area contributed by atoms with Crippen molar-refractivity contribution in [2.45, 2.75) is 51.5 Å². The van der Waals surface area contributed by atoms with Gasteiger partial charge in [0.05, 0.1) is 6.04 Å². The Kier molecular flexibility index (Phi) is 13.1. The SMILES string of the molecule is C/C(=C1/C=CC=CC1C(CNC1=CC=CCC1)/C(=C/C=C/C=C/C=C\CN)CN)C1CC=C(C2C=CC(C3C=CCN3)=CC2)CC1. The molecule has 4 nitrogen and oxygen atoms in total. The van der Waals surface area contributed by atoms with Crippen LogP contribution in [0, 0.1) is 23.7 Å². The minimum Gasteiger partial charge on any atom is -0.388 e. The molecule has 4 heteroatoms. The van der Waals surface area contributed by atoms with Gasteiger partial charge in [0, 0.05) is 49.6 Å². The van der Waals surface area contributed by atoms with Crippen LogP contribution in [0.3, 0.4) is 0 Å². The molecule has 5 rings (SSSR count). The molecule has 0 aromatic rings. The number of hydrogen-bond acceptors (Lipinski definition) is 4. The van der Waals surface area contributed by atoms with E-state index < -0.39 is 0 Å². The second-order valence-corrected chi connectivity index (χ2v) is 12.9. The highest BCUT2D eigenvalue weighted by atomic mass is 14.9.